The molecule has 0 fully saturated rings. The van der Waals surface area contributed by atoms with Gasteiger partial charge in [-0.3, -0.25) is 0 Å². The van der Waals surface area contributed by atoms with Crippen LogP contribution in [0.5, 0.6) is 0 Å². The van der Waals surface area contributed by atoms with Crippen LogP contribution >= 0.6 is 31.9 Å². The summed E-state index contributed by atoms with van der Waals surface area (Å²) in [6, 6.07) is 5.79. The van der Waals surface area contributed by atoms with Crippen molar-refractivity contribution in [3.05, 3.63) is 39.0 Å². The smallest absolute Gasteiger partial charge is 0.112 e. The van der Waals surface area contributed by atoms with E-state index in [0.717, 1.165) is 14.6 Å². The van der Waals surface area contributed by atoms with Crippen LogP contribution in [0, 0.1) is 0 Å². The van der Waals surface area contributed by atoms with Gasteiger partial charge in [0, 0.05) is 8.95 Å². The SMILES string of the molecule is CCC(O)c1cn(-c2ccc(Br)cc2Br)nn1. The van der Waals surface area contributed by atoms with Gasteiger partial charge in [0.2, 0.25) is 0 Å². The van der Waals surface area contributed by atoms with E-state index in [1.54, 1.807) is 10.9 Å². The quantitative estimate of drug-likeness (QED) is 0.914. The number of aliphatic hydroxyl groups is 1. The van der Waals surface area contributed by atoms with Crippen LogP contribution in [0.4, 0.5) is 0 Å². The van der Waals surface area contributed by atoms with E-state index in [1.807, 2.05) is 25.1 Å². The van der Waals surface area contributed by atoms with Gasteiger partial charge in [0.05, 0.1) is 18.0 Å². The number of hydrogen-bond acceptors (Lipinski definition) is 3. The van der Waals surface area contributed by atoms with Gasteiger partial charge in [0.15, 0.2) is 0 Å². The van der Waals surface area contributed by atoms with Gasteiger partial charge in [0.25, 0.3) is 0 Å². The molecule has 1 heterocycles. The minimum atomic E-state index is -0.557. The Morgan fingerprint density at radius 2 is 2.18 bits per heavy atom. The first-order valence-electron chi connectivity index (χ1n) is 5.17. The minimum absolute atomic E-state index is 0.557. The minimum Gasteiger partial charge on any atom is -0.387 e. The van der Waals surface area contributed by atoms with Gasteiger partial charge in [-0.1, -0.05) is 28.1 Å². The van der Waals surface area contributed by atoms with E-state index < -0.39 is 6.10 Å². The summed E-state index contributed by atoms with van der Waals surface area (Å²) in [7, 11) is 0. The van der Waals surface area contributed by atoms with E-state index in [1.165, 1.54) is 0 Å². The predicted molar refractivity (Wildman–Crippen MR) is 72.0 cm³/mol. The summed E-state index contributed by atoms with van der Waals surface area (Å²) in [5.74, 6) is 0. The van der Waals surface area contributed by atoms with Crippen molar-refractivity contribution in [3.63, 3.8) is 0 Å². The zero-order chi connectivity index (χ0) is 12.4. The zero-order valence-corrected chi connectivity index (χ0v) is 12.3. The van der Waals surface area contributed by atoms with Crippen molar-refractivity contribution < 1.29 is 5.11 Å². The molecule has 90 valence electrons. The Balaban J connectivity index is 2.37. The van der Waals surface area contributed by atoms with Crippen LogP contribution in [0.1, 0.15) is 25.1 Å². The monoisotopic (exact) mass is 359 g/mol. The molecule has 0 bridgehead atoms. The Kier molecular flexibility index (Phi) is 3.96. The second-order valence-electron chi connectivity index (χ2n) is 3.61. The van der Waals surface area contributed by atoms with Gasteiger partial charge in [-0.25, -0.2) is 4.68 Å². The molecule has 4 nitrogen and oxygen atoms in total. The summed E-state index contributed by atoms with van der Waals surface area (Å²) >= 11 is 6.86. The molecule has 1 N–H and O–H groups in total. The highest BCUT2D eigenvalue weighted by atomic mass is 79.9. The largest absolute Gasteiger partial charge is 0.387 e. The molecule has 1 atom stereocenters. The highest BCUT2D eigenvalue weighted by molar-refractivity contribution is 9.11. The molecule has 2 aromatic rings. The van der Waals surface area contributed by atoms with E-state index >= 15 is 0 Å². The van der Waals surface area contributed by atoms with Crippen molar-refractivity contribution in [1.29, 1.82) is 0 Å². The molecule has 0 radical (unpaired) electrons. The van der Waals surface area contributed by atoms with Crippen LogP contribution in [0.25, 0.3) is 5.69 Å². The molecule has 2 rings (SSSR count). The molecule has 1 aromatic heterocycles. The van der Waals surface area contributed by atoms with Crippen LogP contribution in [-0.2, 0) is 0 Å². The fourth-order valence-electron chi connectivity index (χ4n) is 1.42. The van der Waals surface area contributed by atoms with Crippen LogP contribution in [-0.4, -0.2) is 20.1 Å². The lowest BCUT2D eigenvalue weighted by atomic mass is 10.2. The highest BCUT2D eigenvalue weighted by Gasteiger charge is 2.11. The summed E-state index contributed by atoms with van der Waals surface area (Å²) in [6.07, 6.45) is 1.81. The molecule has 0 saturated heterocycles. The Morgan fingerprint density at radius 1 is 1.41 bits per heavy atom. The molecular formula is C11H11Br2N3O. The molecular weight excluding hydrogens is 350 g/mol. The van der Waals surface area contributed by atoms with Gasteiger partial charge >= 0.3 is 0 Å². The number of halogens is 2. The normalized spacial score (nSPS) is 12.7. The number of aliphatic hydroxyl groups excluding tert-OH is 1. The van der Waals surface area contributed by atoms with E-state index in [0.29, 0.717) is 12.1 Å². The maximum atomic E-state index is 9.67. The summed E-state index contributed by atoms with van der Waals surface area (Å²) in [4.78, 5) is 0. The number of rotatable bonds is 3. The van der Waals surface area contributed by atoms with Crippen LogP contribution in [0.3, 0.4) is 0 Å². The lowest BCUT2D eigenvalue weighted by Gasteiger charge is -2.04. The number of nitrogens with zero attached hydrogens (tertiary/aromatic N) is 3. The van der Waals surface area contributed by atoms with Crippen LogP contribution < -0.4 is 0 Å². The zero-order valence-electron chi connectivity index (χ0n) is 9.14. The predicted octanol–water partition coefficient (Wildman–Crippen LogP) is 3.24. The molecule has 0 aliphatic heterocycles. The molecule has 0 spiro atoms. The molecule has 6 heteroatoms. The summed E-state index contributed by atoms with van der Waals surface area (Å²) in [6.45, 7) is 1.90. The van der Waals surface area contributed by atoms with E-state index in [2.05, 4.69) is 42.2 Å². The summed E-state index contributed by atoms with van der Waals surface area (Å²) < 4.78 is 3.54. The molecule has 1 aromatic carbocycles. The van der Waals surface area contributed by atoms with Crippen molar-refractivity contribution >= 4 is 31.9 Å². The Hall–Kier alpha value is -0.720. The maximum Gasteiger partial charge on any atom is 0.112 e. The molecule has 0 saturated carbocycles. The van der Waals surface area contributed by atoms with Crippen molar-refractivity contribution in [3.8, 4) is 5.69 Å². The second-order valence-corrected chi connectivity index (χ2v) is 5.38. The fourth-order valence-corrected chi connectivity index (χ4v) is 2.65. The van der Waals surface area contributed by atoms with E-state index in [4.69, 9.17) is 0 Å². The Morgan fingerprint density at radius 3 is 2.82 bits per heavy atom. The molecule has 1 unspecified atom stereocenters. The lowest BCUT2D eigenvalue weighted by Crippen LogP contribution is -1.96. The van der Waals surface area contributed by atoms with Gasteiger partial charge in [-0.15, -0.1) is 5.10 Å². The molecule has 0 aliphatic carbocycles. The second kappa shape index (κ2) is 5.29. The standard InChI is InChI=1S/C11H11Br2N3O/c1-2-11(17)9-6-16(15-14-9)10-4-3-7(12)5-8(10)13/h3-6,11,17H,2H2,1H3. The first-order chi connectivity index (χ1) is 8.11. The molecule has 0 amide bonds. The average molecular weight is 361 g/mol. The molecule has 17 heavy (non-hydrogen) atoms. The van der Waals surface area contributed by atoms with Gasteiger partial charge in [-0.05, 0) is 40.5 Å². The maximum absolute atomic E-state index is 9.67. The van der Waals surface area contributed by atoms with Crippen LogP contribution in [0.2, 0.25) is 0 Å². The number of hydrogen-bond donors (Lipinski definition) is 1. The fraction of sp³-hybridized carbons (Fsp3) is 0.273. The average Bonchev–Trinajstić information content (AvgIpc) is 2.77. The van der Waals surface area contributed by atoms with Crippen molar-refractivity contribution in [2.75, 3.05) is 0 Å². The first kappa shape index (κ1) is 12.7. The number of benzene rings is 1. The van der Waals surface area contributed by atoms with Crippen molar-refractivity contribution in [2.24, 2.45) is 0 Å². The first-order valence-corrected chi connectivity index (χ1v) is 6.76. The highest BCUT2D eigenvalue weighted by Crippen LogP contribution is 2.25. The molecule has 0 aliphatic rings. The Labute approximate surface area is 116 Å². The Bertz CT molecular complexity index is 527. The van der Waals surface area contributed by atoms with Gasteiger partial charge < -0.3 is 5.11 Å². The van der Waals surface area contributed by atoms with Crippen LogP contribution in [0.15, 0.2) is 33.3 Å². The van der Waals surface area contributed by atoms with Crippen molar-refractivity contribution in [1.82, 2.24) is 15.0 Å². The summed E-state index contributed by atoms with van der Waals surface area (Å²) in [5.41, 5.74) is 1.47. The summed E-state index contributed by atoms with van der Waals surface area (Å²) in [5, 5.41) is 17.6. The topological polar surface area (TPSA) is 50.9 Å². The van der Waals surface area contributed by atoms with Gasteiger partial charge in [0.1, 0.15) is 5.69 Å². The van der Waals surface area contributed by atoms with Gasteiger partial charge in [-0.2, -0.15) is 0 Å². The van der Waals surface area contributed by atoms with E-state index in [9.17, 15) is 5.11 Å². The third kappa shape index (κ3) is 2.75. The number of aromatic nitrogens is 3. The third-order valence-electron chi connectivity index (χ3n) is 2.40. The lowest BCUT2D eigenvalue weighted by molar-refractivity contribution is 0.169. The van der Waals surface area contributed by atoms with Crippen molar-refractivity contribution in [2.45, 2.75) is 19.4 Å². The third-order valence-corrected chi connectivity index (χ3v) is 3.52. The van der Waals surface area contributed by atoms with E-state index in [-0.39, 0.29) is 0 Å².